The lowest BCUT2D eigenvalue weighted by atomic mass is 9.85. The van der Waals surface area contributed by atoms with Gasteiger partial charge in [-0.25, -0.2) is 4.68 Å². The van der Waals surface area contributed by atoms with Gasteiger partial charge < -0.3 is 15.3 Å². The first-order valence-electron chi connectivity index (χ1n) is 6.78. The number of carbonyl (C=O) groups excluding carboxylic acids is 2. The Hall–Kier alpha value is -1.96. The molecule has 0 unspecified atom stereocenters. The molecule has 8 heteroatoms. The van der Waals surface area contributed by atoms with Gasteiger partial charge in [-0.05, 0) is 12.8 Å². The number of likely N-dealkylation sites (tertiary alicyclic amines) is 1. The average molecular weight is 279 g/mol. The van der Waals surface area contributed by atoms with Gasteiger partial charge in [-0.3, -0.25) is 9.59 Å². The molecule has 0 radical (unpaired) electrons. The summed E-state index contributed by atoms with van der Waals surface area (Å²) >= 11 is 0. The van der Waals surface area contributed by atoms with E-state index in [0.29, 0.717) is 18.9 Å². The van der Waals surface area contributed by atoms with Gasteiger partial charge >= 0.3 is 0 Å². The third kappa shape index (κ3) is 2.64. The SMILES string of the molecule is O=C(Nc1cn(CC(=O)N2CC(O)C2)nn1)C1CCC1. The highest BCUT2D eigenvalue weighted by molar-refractivity contribution is 5.92. The molecule has 20 heavy (non-hydrogen) atoms. The van der Waals surface area contributed by atoms with Gasteiger partial charge in [0.25, 0.3) is 0 Å². The molecule has 1 saturated carbocycles. The Balaban J connectivity index is 1.51. The molecule has 1 aliphatic carbocycles. The molecule has 1 saturated heterocycles. The predicted molar refractivity (Wildman–Crippen MR) is 68.6 cm³/mol. The zero-order valence-corrected chi connectivity index (χ0v) is 11.0. The summed E-state index contributed by atoms with van der Waals surface area (Å²) in [4.78, 5) is 25.1. The lowest BCUT2D eigenvalue weighted by Crippen LogP contribution is -2.54. The van der Waals surface area contributed by atoms with Gasteiger partial charge in [0.15, 0.2) is 5.82 Å². The lowest BCUT2D eigenvalue weighted by molar-refractivity contribution is -0.142. The number of hydrogen-bond donors (Lipinski definition) is 2. The average Bonchev–Trinajstić information content (AvgIpc) is 2.69. The maximum absolute atomic E-state index is 11.8. The second-order valence-corrected chi connectivity index (χ2v) is 5.37. The Labute approximate surface area is 115 Å². The molecule has 0 bridgehead atoms. The van der Waals surface area contributed by atoms with Crippen molar-refractivity contribution in [2.75, 3.05) is 18.4 Å². The molecule has 2 aliphatic rings. The fourth-order valence-electron chi connectivity index (χ4n) is 2.23. The number of nitrogens with zero attached hydrogens (tertiary/aromatic N) is 4. The number of amides is 2. The monoisotopic (exact) mass is 279 g/mol. The third-order valence-electron chi connectivity index (χ3n) is 3.78. The van der Waals surface area contributed by atoms with Crippen LogP contribution < -0.4 is 5.32 Å². The van der Waals surface area contributed by atoms with Gasteiger partial charge in [0.05, 0.1) is 12.3 Å². The third-order valence-corrected chi connectivity index (χ3v) is 3.78. The van der Waals surface area contributed by atoms with Crippen molar-refractivity contribution < 1.29 is 14.7 Å². The minimum atomic E-state index is -0.410. The molecule has 2 heterocycles. The fourth-order valence-corrected chi connectivity index (χ4v) is 2.23. The van der Waals surface area contributed by atoms with Crippen LogP contribution in [0.3, 0.4) is 0 Å². The summed E-state index contributed by atoms with van der Waals surface area (Å²) in [5.41, 5.74) is 0. The van der Waals surface area contributed by atoms with Gasteiger partial charge in [-0.15, -0.1) is 5.10 Å². The molecule has 1 aromatic rings. The van der Waals surface area contributed by atoms with E-state index in [9.17, 15) is 9.59 Å². The Bertz CT molecular complexity index is 519. The smallest absolute Gasteiger partial charge is 0.244 e. The Morgan fingerprint density at radius 1 is 1.40 bits per heavy atom. The summed E-state index contributed by atoms with van der Waals surface area (Å²) in [7, 11) is 0. The van der Waals surface area contributed by atoms with Crippen molar-refractivity contribution in [1.29, 1.82) is 0 Å². The van der Waals surface area contributed by atoms with E-state index < -0.39 is 6.10 Å². The van der Waals surface area contributed by atoms with Crippen LogP contribution in [-0.2, 0) is 16.1 Å². The van der Waals surface area contributed by atoms with Crippen LogP contribution in [0.1, 0.15) is 19.3 Å². The molecule has 2 amide bonds. The zero-order valence-electron chi connectivity index (χ0n) is 11.0. The fraction of sp³-hybridized carbons (Fsp3) is 0.667. The Morgan fingerprint density at radius 3 is 2.75 bits per heavy atom. The van der Waals surface area contributed by atoms with Crippen molar-refractivity contribution in [3.8, 4) is 0 Å². The minimum Gasteiger partial charge on any atom is -0.389 e. The van der Waals surface area contributed by atoms with E-state index in [0.717, 1.165) is 19.3 Å². The number of aromatic nitrogens is 3. The second kappa shape index (κ2) is 5.20. The molecule has 0 spiro atoms. The van der Waals surface area contributed by atoms with Crippen LogP contribution in [-0.4, -0.2) is 56.0 Å². The van der Waals surface area contributed by atoms with Crippen LogP contribution in [0.5, 0.6) is 0 Å². The van der Waals surface area contributed by atoms with Crippen LogP contribution in [0.2, 0.25) is 0 Å². The molecule has 1 aromatic heterocycles. The number of hydrogen-bond acceptors (Lipinski definition) is 5. The molecule has 1 aliphatic heterocycles. The summed E-state index contributed by atoms with van der Waals surface area (Å²) in [6.45, 7) is 0.816. The van der Waals surface area contributed by atoms with Crippen LogP contribution in [0.4, 0.5) is 5.82 Å². The zero-order chi connectivity index (χ0) is 14.1. The first-order chi connectivity index (χ1) is 9.61. The van der Waals surface area contributed by atoms with Crippen LogP contribution in [0.25, 0.3) is 0 Å². The van der Waals surface area contributed by atoms with Crippen molar-refractivity contribution >= 4 is 17.6 Å². The van der Waals surface area contributed by atoms with E-state index in [2.05, 4.69) is 15.6 Å². The molecule has 3 rings (SSSR count). The standard InChI is InChI=1S/C12H17N5O3/c18-9-4-16(5-9)11(19)7-17-6-10(14-15-17)13-12(20)8-2-1-3-8/h6,8-9,18H,1-5,7H2,(H,13,20). The summed E-state index contributed by atoms with van der Waals surface area (Å²) < 4.78 is 1.39. The van der Waals surface area contributed by atoms with E-state index in [-0.39, 0.29) is 24.3 Å². The van der Waals surface area contributed by atoms with Gasteiger partial charge in [-0.2, -0.15) is 0 Å². The quantitative estimate of drug-likeness (QED) is 0.753. The minimum absolute atomic E-state index is 0.0273. The van der Waals surface area contributed by atoms with Crippen LogP contribution in [0.15, 0.2) is 6.20 Å². The van der Waals surface area contributed by atoms with E-state index in [1.165, 1.54) is 4.68 Å². The molecular weight excluding hydrogens is 262 g/mol. The molecule has 2 N–H and O–H groups in total. The summed E-state index contributed by atoms with van der Waals surface area (Å²) in [6, 6.07) is 0. The second-order valence-electron chi connectivity index (χ2n) is 5.37. The van der Waals surface area contributed by atoms with E-state index in [1.54, 1.807) is 11.1 Å². The molecule has 2 fully saturated rings. The van der Waals surface area contributed by atoms with E-state index >= 15 is 0 Å². The molecule has 0 atom stereocenters. The highest BCUT2D eigenvalue weighted by Crippen LogP contribution is 2.27. The van der Waals surface area contributed by atoms with E-state index in [1.807, 2.05) is 0 Å². The van der Waals surface area contributed by atoms with Gasteiger partial charge in [-0.1, -0.05) is 11.6 Å². The van der Waals surface area contributed by atoms with Crippen molar-refractivity contribution in [1.82, 2.24) is 19.9 Å². The largest absolute Gasteiger partial charge is 0.389 e. The van der Waals surface area contributed by atoms with Crippen LogP contribution in [0, 0.1) is 5.92 Å². The molecule has 8 nitrogen and oxygen atoms in total. The maximum Gasteiger partial charge on any atom is 0.244 e. The number of nitrogens with one attached hydrogen (secondary N) is 1. The number of β-amino-alcohol motifs (C(OH)–C–C–N with tert-alkyl or cyclic N) is 1. The highest BCUT2D eigenvalue weighted by Gasteiger charge is 2.29. The van der Waals surface area contributed by atoms with Gasteiger partial charge in [0.1, 0.15) is 6.54 Å². The topological polar surface area (TPSA) is 100 Å². The lowest BCUT2D eigenvalue weighted by Gasteiger charge is -2.35. The number of aliphatic hydroxyl groups excluding tert-OH is 1. The van der Waals surface area contributed by atoms with Crippen molar-refractivity contribution in [2.45, 2.75) is 31.9 Å². The Kier molecular flexibility index (Phi) is 3.39. The Morgan fingerprint density at radius 2 is 2.15 bits per heavy atom. The first kappa shape index (κ1) is 13.0. The molecule has 0 aromatic carbocycles. The summed E-state index contributed by atoms with van der Waals surface area (Å²) in [6.07, 6.45) is 4.09. The van der Waals surface area contributed by atoms with Gasteiger partial charge in [0, 0.05) is 19.0 Å². The number of anilines is 1. The molecule has 108 valence electrons. The van der Waals surface area contributed by atoms with Gasteiger partial charge in [0.2, 0.25) is 11.8 Å². The normalized spacial score (nSPS) is 19.4. The summed E-state index contributed by atoms with van der Waals surface area (Å²) in [5.74, 6) is 0.320. The van der Waals surface area contributed by atoms with Crippen LogP contribution >= 0.6 is 0 Å². The number of rotatable bonds is 4. The highest BCUT2D eigenvalue weighted by atomic mass is 16.3. The summed E-state index contributed by atoms with van der Waals surface area (Å²) in [5, 5.41) is 19.5. The van der Waals surface area contributed by atoms with Crippen molar-refractivity contribution in [2.24, 2.45) is 5.92 Å². The van der Waals surface area contributed by atoms with Crippen molar-refractivity contribution in [3.05, 3.63) is 6.20 Å². The maximum atomic E-state index is 11.8. The van der Waals surface area contributed by atoms with E-state index in [4.69, 9.17) is 5.11 Å². The molecular formula is C12H17N5O3. The predicted octanol–water partition coefficient (Wildman–Crippen LogP) is -0.780. The first-order valence-corrected chi connectivity index (χ1v) is 6.78. The number of aliphatic hydroxyl groups is 1. The number of carbonyl (C=O) groups is 2. The van der Waals surface area contributed by atoms with Crippen molar-refractivity contribution in [3.63, 3.8) is 0 Å².